The van der Waals surface area contributed by atoms with Gasteiger partial charge in [-0.3, -0.25) is 4.79 Å². The number of halogens is 1. The van der Waals surface area contributed by atoms with Gasteiger partial charge >= 0.3 is 5.97 Å². The predicted octanol–water partition coefficient (Wildman–Crippen LogP) is 1.47. The number of hydrogen-bond acceptors (Lipinski definition) is 3. The van der Waals surface area contributed by atoms with Gasteiger partial charge in [0.1, 0.15) is 0 Å². The Balaban J connectivity index is 2.91. The number of carboxylic acid groups (broad SMARTS) is 1. The highest BCUT2D eigenvalue weighted by Gasteiger charge is 2.06. The topological polar surface area (TPSA) is 83.6 Å². The van der Waals surface area contributed by atoms with Gasteiger partial charge in [-0.1, -0.05) is 22.0 Å². The molecule has 1 amide bonds. The first-order chi connectivity index (χ1) is 8.40. The zero-order valence-electron chi connectivity index (χ0n) is 9.76. The van der Waals surface area contributed by atoms with E-state index in [-0.39, 0.29) is 6.54 Å². The van der Waals surface area contributed by atoms with Gasteiger partial charge in [-0.2, -0.15) is 0 Å². The number of aliphatic carboxylic acids is 1. The van der Waals surface area contributed by atoms with Gasteiger partial charge in [0.2, 0.25) is 5.91 Å². The van der Waals surface area contributed by atoms with Crippen LogP contribution in [0, 0.1) is 0 Å². The van der Waals surface area contributed by atoms with Gasteiger partial charge in [-0.15, -0.1) is 0 Å². The highest BCUT2D eigenvalue weighted by atomic mass is 79.9. The molecule has 0 heterocycles. The van der Waals surface area contributed by atoms with Gasteiger partial charge in [-0.25, -0.2) is 4.79 Å². The highest BCUT2D eigenvalue weighted by molar-refractivity contribution is 9.10. The van der Waals surface area contributed by atoms with E-state index in [4.69, 9.17) is 10.8 Å². The summed E-state index contributed by atoms with van der Waals surface area (Å²) in [5.41, 5.74) is 6.67. The summed E-state index contributed by atoms with van der Waals surface area (Å²) in [4.78, 5) is 22.9. The lowest BCUT2D eigenvalue weighted by molar-refractivity contribution is -0.131. The fourth-order valence-corrected chi connectivity index (χ4v) is 1.87. The number of benzene rings is 1. The van der Waals surface area contributed by atoms with Crippen molar-refractivity contribution in [3.05, 3.63) is 34.3 Å². The molecular weight excluding hydrogens is 300 g/mol. The smallest absolute Gasteiger partial charge is 0.328 e. The number of carbonyl (C=O) groups excluding carboxylic acids is 1. The van der Waals surface area contributed by atoms with E-state index in [0.29, 0.717) is 0 Å². The van der Waals surface area contributed by atoms with E-state index in [1.807, 2.05) is 0 Å². The molecule has 5 nitrogen and oxygen atoms in total. The molecule has 0 aliphatic heterocycles. The molecule has 0 saturated carbocycles. The first-order valence-electron chi connectivity index (χ1n) is 5.10. The maximum atomic E-state index is 10.8. The Morgan fingerprint density at radius 1 is 1.50 bits per heavy atom. The number of carboxylic acids is 1. The normalized spacial score (nSPS) is 10.6. The summed E-state index contributed by atoms with van der Waals surface area (Å²) < 4.78 is 0.744. The molecule has 1 rings (SSSR count). The number of hydrogen-bond donors (Lipinski definition) is 2. The second kappa shape index (κ2) is 6.20. The largest absolute Gasteiger partial charge is 0.478 e. The van der Waals surface area contributed by atoms with E-state index in [0.717, 1.165) is 21.8 Å². The summed E-state index contributed by atoms with van der Waals surface area (Å²) in [5, 5.41) is 8.55. The zero-order valence-corrected chi connectivity index (χ0v) is 11.3. The minimum atomic E-state index is -1.00. The molecule has 96 valence electrons. The van der Waals surface area contributed by atoms with E-state index < -0.39 is 11.9 Å². The maximum Gasteiger partial charge on any atom is 0.328 e. The zero-order chi connectivity index (χ0) is 13.7. The number of rotatable bonds is 5. The van der Waals surface area contributed by atoms with Gasteiger partial charge in [-0.05, 0) is 23.8 Å². The van der Waals surface area contributed by atoms with Crippen molar-refractivity contribution in [2.24, 2.45) is 5.73 Å². The number of carbonyl (C=O) groups is 2. The summed E-state index contributed by atoms with van der Waals surface area (Å²) in [6.45, 7) is 0.122. The SMILES string of the molecule is CN(CC(N)=O)c1ccc(/C=C/C(=O)O)c(Br)c1. The van der Waals surface area contributed by atoms with Crippen molar-refractivity contribution < 1.29 is 14.7 Å². The molecule has 18 heavy (non-hydrogen) atoms. The van der Waals surface area contributed by atoms with E-state index in [1.165, 1.54) is 6.08 Å². The first kappa shape index (κ1) is 14.2. The second-order valence-electron chi connectivity index (χ2n) is 3.70. The minimum absolute atomic E-state index is 0.122. The monoisotopic (exact) mass is 312 g/mol. The van der Waals surface area contributed by atoms with Crippen LogP contribution in [-0.4, -0.2) is 30.6 Å². The number of anilines is 1. The van der Waals surface area contributed by atoms with E-state index in [2.05, 4.69) is 15.9 Å². The number of nitrogens with zero attached hydrogens (tertiary/aromatic N) is 1. The van der Waals surface area contributed by atoms with Crippen molar-refractivity contribution >= 4 is 39.6 Å². The summed E-state index contributed by atoms with van der Waals surface area (Å²) in [6, 6.07) is 5.34. The quantitative estimate of drug-likeness (QED) is 0.806. The Kier molecular flexibility index (Phi) is 4.91. The van der Waals surface area contributed by atoms with Gasteiger partial charge in [0.25, 0.3) is 0 Å². The Labute approximate surface area is 113 Å². The van der Waals surface area contributed by atoms with Crippen molar-refractivity contribution in [3.8, 4) is 0 Å². The van der Waals surface area contributed by atoms with E-state index in [1.54, 1.807) is 30.1 Å². The third-order valence-electron chi connectivity index (χ3n) is 2.22. The number of likely N-dealkylation sites (N-methyl/N-ethyl adjacent to an activating group) is 1. The Bertz CT molecular complexity index is 500. The first-order valence-corrected chi connectivity index (χ1v) is 5.89. The van der Waals surface area contributed by atoms with Gasteiger partial charge < -0.3 is 15.7 Å². The molecule has 0 bridgehead atoms. The summed E-state index contributed by atoms with van der Waals surface area (Å²) in [5.74, 6) is -1.42. The third-order valence-corrected chi connectivity index (χ3v) is 2.91. The highest BCUT2D eigenvalue weighted by Crippen LogP contribution is 2.24. The molecule has 3 N–H and O–H groups in total. The van der Waals surface area contributed by atoms with Crippen molar-refractivity contribution in [3.63, 3.8) is 0 Å². The second-order valence-corrected chi connectivity index (χ2v) is 4.55. The molecule has 0 unspecified atom stereocenters. The number of primary amides is 1. The van der Waals surface area contributed by atoms with Crippen LogP contribution in [0.2, 0.25) is 0 Å². The van der Waals surface area contributed by atoms with Crippen LogP contribution >= 0.6 is 15.9 Å². The minimum Gasteiger partial charge on any atom is -0.478 e. The molecule has 1 aromatic rings. The third kappa shape index (κ3) is 4.21. The molecule has 0 spiro atoms. The van der Waals surface area contributed by atoms with Gasteiger partial charge in [0.15, 0.2) is 0 Å². The molecule has 0 saturated heterocycles. The van der Waals surface area contributed by atoms with E-state index >= 15 is 0 Å². The average Bonchev–Trinajstić information content (AvgIpc) is 2.26. The molecule has 0 aliphatic carbocycles. The van der Waals surface area contributed by atoms with Crippen LogP contribution in [0.5, 0.6) is 0 Å². The van der Waals surface area contributed by atoms with Crippen LogP contribution in [0.25, 0.3) is 6.08 Å². The lowest BCUT2D eigenvalue weighted by Crippen LogP contribution is -2.30. The average molecular weight is 313 g/mol. The summed E-state index contributed by atoms with van der Waals surface area (Å²) in [6.07, 6.45) is 2.55. The Morgan fingerprint density at radius 3 is 2.67 bits per heavy atom. The standard InChI is InChI=1S/C12H13BrN2O3/c1-15(7-11(14)16)9-4-2-8(10(13)6-9)3-5-12(17)18/h2-6H,7H2,1H3,(H2,14,16)(H,17,18)/b5-3+. The molecule has 0 fully saturated rings. The molecule has 0 aromatic heterocycles. The summed E-state index contributed by atoms with van der Waals surface area (Å²) in [7, 11) is 1.75. The van der Waals surface area contributed by atoms with Gasteiger partial charge in [0.05, 0.1) is 6.54 Å². The van der Waals surface area contributed by atoms with E-state index in [9.17, 15) is 9.59 Å². The Hall–Kier alpha value is -1.82. The molecule has 0 atom stereocenters. The Morgan fingerprint density at radius 2 is 2.17 bits per heavy atom. The van der Waals surface area contributed by atoms with Crippen LogP contribution < -0.4 is 10.6 Å². The van der Waals surface area contributed by atoms with Crippen molar-refractivity contribution in [2.75, 3.05) is 18.5 Å². The van der Waals surface area contributed by atoms with Crippen LogP contribution in [0.3, 0.4) is 0 Å². The molecule has 0 radical (unpaired) electrons. The van der Waals surface area contributed by atoms with Gasteiger partial charge in [0, 0.05) is 23.3 Å². The van der Waals surface area contributed by atoms with Crippen LogP contribution in [0.4, 0.5) is 5.69 Å². The van der Waals surface area contributed by atoms with Crippen LogP contribution in [0.15, 0.2) is 28.7 Å². The molecular formula is C12H13BrN2O3. The predicted molar refractivity (Wildman–Crippen MR) is 73.3 cm³/mol. The lowest BCUT2D eigenvalue weighted by atomic mass is 10.2. The van der Waals surface area contributed by atoms with Crippen LogP contribution in [0.1, 0.15) is 5.56 Å². The molecule has 6 heteroatoms. The lowest BCUT2D eigenvalue weighted by Gasteiger charge is -2.17. The number of amides is 1. The van der Waals surface area contributed by atoms with Crippen molar-refractivity contribution in [1.29, 1.82) is 0 Å². The maximum absolute atomic E-state index is 10.8. The fourth-order valence-electron chi connectivity index (χ4n) is 1.37. The van der Waals surface area contributed by atoms with Crippen LogP contribution in [-0.2, 0) is 9.59 Å². The molecule has 1 aromatic carbocycles. The summed E-state index contributed by atoms with van der Waals surface area (Å²) >= 11 is 3.34. The molecule has 0 aliphatic rings. The van der Waals surface area contributed by atoms with Crippen molar-refractivity contribution in [2.45, 2.75) is 0 Å². The van der Waals surface area contributed by atoms with Crippen molar-refractivity contribution in [1.82, 2.24) is 0 Å². The number of nitrogens with two attached hydrogens (primary N) is 1. The fraction of sp³-hybridized carbons (Fsp3) is 0.167.